The van der Waals surface area contributed by atoms with Crippen LogP contribution in [-0.2, 0) is 14.4 Å². The summed E-state index contributed by atoms with van der Waals surface area (Å²) in [5.74, 6) is -0.847. The quantitative estimate of drug-likeness (QED) is 0.627. The summed E-state index contributed by atoms with van der Waals surface area (Å²) in [6.45, 7) is -0.400. The molecule has 33 heavy (non-hydrogen) atoms. The SMILES string of the molecule is COc1cc(NC(=O)CN2N=C(C(=O)Nc3ccc(F)cc3)CCC2=O)cc(OC)c1OC. The van der Waals surface area contributed by atoms with Gasteiger partial charge in [-0.05, 0) is 24.3 Å². The van der Waals surface area contributed by atoms with Crippen molar-refractivity contribution in [3.8, 4) is 17.2 Å². The molecule has 0 radical (unpaired) electrons. The molecule has 0 spiro atoms. The van der Waals surface area contributed by atoms with Gasteiger partial charge in [0.2, 0.25) is 17.6 Å². The lowest BCUT2D eigenvalue weighted by atomic mass is 10.1. The van der Waals surface area contributed by atoms with E-state index in [4.69, 9.17) is 14.2 Å². The number of carbonyl (C=O) groups is 3. The first-order valence-electron chi connectivity index (χ1n) is 9.89. The molecule has 2 aromatic carbocycles. The van der Waals surface area contributed by atoms with Gasteiger partial charge in [0.05, 0.1) is 21.3 Å². The molecular formula is C22H23FN4O6. The van der Waals surface area contributed by atoms with Crippen LogP contribution in [0.15, 0.2) is 41.5 Å². The van der Waals surface area contributed by atoms with Gasteiger partial charge in [0.25, 0.3) is 5.91 Å². The third-order valence-corrected chi connectivity index (χ3v) is 4.71. The molecule has 0 fully saturated rings. The molecule has 0 saturated carbocycles. The van der Waals surface area contributed by atoms with Gasteiger partial charge < -0.3 is 24.8 Å². The van der Waals surface area contributed by atoms with Crippen molar-refractivity contribution in [3.63, 3.8) is 0 Å². The van der Waals surface area contributed by atoms with Crippen molar-refractivity contribution in [2.45, 2.75) is 12.8 Å². The summed E-state index contributed by atoms with van der Waals surface area (Å²) in [7, 11) is 4.35. The third-order valence-electron chi connectivity index (χ3n) is 4.71. The van der Waals surface area contributed by atoms with Crippen molar-refractivity contribution in [1.82, 2.24) is 5.01 Å². The molecule has 3 amide bonds. The Morgan fingerprint density at radius 1 is 0.970 bits per heavy atom. The first kappa shape index (κ1) is 23.5. The van der Waals surface area contributed by atoms with Crippen LogP contribution < -0.4 is 24.8 Å². The lowest BCUT2D eigenvalue weighted by molar-refractivity contribution is -0.135. The van der Waals surface area contributed by atoms with Crippen molar-refractivity contribution in [1.29, 1.82) is 0 Å². The Kier molecular flexibility index (Phi) is 7.44. The van der Waals surface area contributed by atoms with Crippen molar-refractivity contribution in [3.05, 3.63) is 42.2 Å². The predicted molar refractivity (Wildman–Crippen MR) is 118 cm³/mol. The maximum Gasteiger partial charge on any atom is 0.271 e. The molecule has 0 saturated heterocycles. The van der Waals surface area contributed by atoms with Crippen LogP contribution >= 0.6 is 0 Å². The third kappa shape index (κ3) is 5.76. The number of rotatable bonds is 8. The largest absolute Gasteiger partial charge is 0.493 e. The van der Waals surface area contributed by atoms with E-state index in [-0.39, 0.29) is 18.6 Å². The summed E-state index contributed by atoms with van der Waals surface area (Å²) < 4.78 is 28.8. The Morgan fingerprint density at radius 2 is 1.61 bits per heavy atom. The average molecular weight is 458 g/mol. The maximum absolute atomic E-state index is 13.0. The Bertz CT molecular complexity index is 1060. The van der Waals surface area contributed by atoms with Crippen LogP contribution in [0, 0.1) is 5.82 Å². The van der Waals surface area contributed by atoms with Crippen molar-refractivity contribution in [2.75, 3.05) is 38.5 Å². The van der Waals surface area contributed by atoms with Crippen molar-refractivity contribution in [2.24, 2.45) is 5.10 Å². The zero-order chi connectivity index (χ0) is 24.0. The topological polar surface area (TPSA) is 119 Å². The number of hydrogen-bond acceptors (Lipinski definition) is 7. The molecule has 3 rings (SSSR count). The molecule has 1 aliphatic heterocycles. The monoisotopic (exact) mass is 458 g/mol. The first-order valence-corrected chi connectivity index (χ1v) is 9.89. The molecule has 10 nitrogen and oxygen atoms in total. The summed E-state index contributed by atoms with van der Waals surface area (Å²) in [6.07, 6.45) is 0.143. The molecule has 2 aromatic rings. The van der Waals surface area contributed by atoms with Crippen LogP contribution in [-0.4, -0.2) is 56.3 Å². The van der Waals surface area contributed by atoms with Crippen LogP contribution in [0.3, 0.4) is 0 Å². The maximum atomic E-state index is 13.0. The van der Waals surface area contributed by atoms with Crippen LogP contribution in [0.5, 0.6) is 17.2 Å². The van der Waals surface area contributed by atoms with Gasteiger partial charge >= 0.3 is 0 Å². The van der Waals surface area contributed by atoms with Gasteiger partial charge in [0, 0.05) is 36.3 Å². The molecular weight excluding hydrogens is 435 g/mol. The smallest absolute Gasteiger partial charge is 0.271 e. The van der Waals surface area contributed by atoms with Gasteiger partial charge in [-0.15, -0.1) is 0 Å². The van der Waals surface area contributed by atoms with Gasteiger partial charge in [-0.1, -0.05) is 0 Å². The van der Waals surface area contributed by atoms with Crippen molar-refractivity contribution >= 4 is 34.8 Å². The fourth-order valence-electron chi connectivity index (χ4n) is 3.11. The molecule has 0 aromatic heterocycles. The number of carbonyl (C=O) groups excluding carboxylic acids is 3. The highest BCUT2D eigenvalue weighted by Crippen LogP contribution is 2.39. The fraction of sp³-hybridized carbons (Fsp3) is 0.273. The van der Waals surface area contributed by atoms with Crippen molar-refractivity contribution < 1.29 is 33.0 Å². The summed E-state index contributed by atoms with van der Waals surface area (Å²) in [4.78, 5) is 37.3. The van der Waals surface area contributed by atoms with Gasteiger partial charge in [0.15, 0.2) is 11.5 Å². The number of benzene rings is 2. The first-order chi connectivity index (χ1) is 15.8. The van der Waals surface area contributed by atoms with Gasteiger partial charge in [0.1, 0.15) is 18.1 Å². The average Bonchev–Trinajstić information content (AvgIpc) is 2.81. The molecule has 2 N–H and O–H groups in total. The van der Waals surface area contributed by atoms with E-state index in [1.807, 2.05) is 0 Å². The second-order valence-electron chi connectivity index (χ2n) is 6.92. The number of halogens is 1. The number of hydrogen-bond donors (Lipinski definition) is 2. The molecule has 0 bridgehead atoms. The number of methoxy groups -OCH3 is 3. The van der Waals surface area contributed by atoms with E-state index in [0.717, 1.165) is 5.01 Å². The number of ether oxygens (including phenoxy) is 3. The van der Waals surface area contributed by atoms with Gasteiger partial charge in [-0.2, -0.15) is 5.10 Å². The van der Waals surface area contributed by atoms with E-state index in [1.54, 1.807) is 12.1 Å². The highest BCUT2D eigenvalue weighted by atomic mass is 19.1. The highest BCUT2D eigenvalue weighted by Gasteiger charge is 2.26. The molecule has 0 aliphatic carbocycles. The minimum atomic E-state index is -0.540. The van der Waals surface area contributed by atoms with E-state index in [2.05, 4.69) is 15.7 Å². The van der Waals surface area contributed by atoms with Gasteiger partial charge in [-0.3, -0.25) is 14.4 Å². The zero-order valence-corrected chi connectivity index (χ0v) is 18.3. The van der Waals surface area contributed by atoms with Gasteiger partial charge in [-0.25, -0.2) is 9.40 Å². The number of nitrogens with zero attached hydrogens (tertiary/aromatic N) is 2. The van der Waals surface area contributed by atoms with Crippen LogP contribution in [0.1, 0.15) is 12.8 Å². The van der Waals surface area contributed by atoms with E-state index in [9.17, 15) is 18.8 Å². The summed E-state index contributed by atoms with van der Waals surface area (Å²) >= 11 is 0. The Hall–Kier alpha value is -4.15. The minimum absolute atomic E-state index is 0.0210. The summed E-state index contributed by atoms with van der Waals surface area (Å²) in [5.41, 5.74) is 0.824. The fourth-order valence-corrected chi connectivity index (χ4v) is 3.11. The molecule has 174 valence electrons. The summed E-state index contributed by atoms with van der Waals surface area (Å²) in [6, 6.07) is 8.32. The van der Waals surface area contributed by atoms with Crippen LogP contribution in [0.4, 0.5) is 15.8 Å². The predicted octanol–water partition coefficient (Wildman–Crippen LogP) is 2.41. The Morgan fingerprint density at radius 3 is 2.18 bits per heavy atom. The minimum Gasteiger partial charge on any atom is -0.493 e. The number of hydrazone groups is 1. The molecule has 0 atom stereocenters. The highest BCUT2D eigenvalue weighted by molar-refractivity contribution is 6.43. The van der Waals surface area contributed by atoms with Crippen LogP contribution in [0.25, 0.3) is 0 Å². The zero-order valence-electron chi connectivity index (χ0n) is 18.3. The second-order valence-corrected chi connectivity index (χ2v) is 6.92. The standard InChI is InChI=1S/C22H23FN4O6/c1-31-17-10-15(11-18(32-2)21(17)33-3)24-19(28)12-27-20(29)9-8-16(26-27)22(30)25-14-6-4-13(23)5-7-14/h4-7,10-11H,8-9,12H2,1-3H3,(H,24,28)(H,25,30). The lowest BCUT2D eigenvalue weighted by Crippen LogP contribution is -2.40. The number of amides is 3. The van der Waals surface area contributed by atoms with E-state index < -0.39 is 30.1 Å². The summed E-state index contributed by atoms with van der Waals surface area (Å²) in [5, 5.41) is 10.2. The van der Waals surface area contributed by atoms with E-state index >= 15 is 0 Å². The Labute approximate surface area is 189 Å². The molecule has 11 heteroatoms. The molecule has 1 heterocycles. The van der Waals surface area contributed by atoms with E-state index in [1.165, 1.54) is 45.6 Å². The van der Waals surface area contributed by atoms with Crippen LogP contribution in [0.2, 0.25) is 0 Å². The Balaban J connectivity index is 1.70. The normalized spacial score (nSPS) is 13.2. The second kappa shape index (κ2) is 10.4. The molecule has 0 unspecified atom stereocenters. The molecule has 1 aliphatic rings. The number of nitrogens with one attached hydrogen (secondary N) is 2. The number of anilines is 2. The van der Waals surface area contributed by atoms with E-state index in [0.29, 0.717) is 28.6 Å². The lowest BCUT2D eigenvalue weighted by Gasteiger charge is -2.23.